The van der Waals surface area contributed by atoms with Gasteiger partial charge in [0.15, 0.2) is 0 Å². The summed E-state index contributed by atoms with van der Waals surface area (Å²) in [5, 5.41) is 0. The highest BCUT2D eigenvalue weighted by Gasteiger charge is 2.40. The molecule has 0 fully saturated rings. The second kappa shape index (κ2) is 11.8. The average Bonchev–Trinajstić information content (AvgIpc) is 2.47. The van der Waals surface area contributed by atoms with E-state index in [1.54, 1.807) is 0 Å². The van der Waals surface area contributed by atoms with E-state index in [0.717, 1.165) is 0 Å². The van der Waals surface area contributed by atoms with Gasteiger partial charge >= 0.3 is 15.6 Å². The lowest BCUT2D eigenvalue weighted by Gasteiger charge is -2.22. The Labute approximate surface area is 127 Å². The van der Waals surface area contributed by atoms with Crippen molar-refractivity contribution in [2.45, 2.75) is 53.4 Å². The third-order valence-corrected chi connectivity index (χ3v) is 5.61. The van der Waals surface area contributed by atoms with Crippen molar-refractivity contribution in [1.82, 2.24) is 0 Å². The zero-order chi connectivity index (χ0) is 16.2. The number of hydrogen-bond donors (Lipinski definition) is 0. The van der Waals surface area contributed by atoms with Gasteiger partial charge in [-0.05, 0) is 25.7 Å². The molecule has 0 spiro atoms. The fourth-order valence-corrected chi connectivity index (χ4v) is 4.61. The van der Waals surface area contributed by atoms with E-state index in [0.29, 0.717) is 25.7 Å². The van der Waals surface area contributed by atoms with E-state index in [1.165, 1.54) is 0 Å². The lowest BCUT2D eigenvalue weighted by atomic mass is 10.5. The summed E-state index contributed by atoms with van der Waals surface area (Å²) in [6, 6.07) is 0. The van der Waals surface area contributed by atoms with Gasteiger partial charge in [0.2, 0.25) is 0 Å². The normalized spacial score (nSPS) is 12.8. The van der Waals surface area contributed by atoms with Gasteiger partial charge < -0.3 is 0 Å². The maximum absolute atomic E-state index is 12.5. The Bertz CT molecular complexity index is 292. The molecule has 0 aromatic carbocycles. The molecule has 0 bridgehead atoms. The van der Waals surface area contributed by atoms with Crippen LogP contribution in [0.1, 0.15) is 53.4 Å². The third kappa shape index (κ3) is 9.80. The summed E-state index contributed by atoms with van der Waals surface area (Å²) in [4.78, 5) is 0. The molecular formula is C12H28O7P2. The van der Waals surface area contributed by atoms with E-state index >= 15 is 0 Å². The molecule has 0 radical (unpaired) electrons. The summed E-state index contributed by atoms with van der Waals surface area (Å²) in [5.41, 5.74) is 0. The summed E-state index contributed by atoms with van der Waals surface area (Å²) >= 11 is 0. The van der Waals surface area contributed by atoms with Crippen LogP contribution < -0.4 is 0 Å². The first-order valence-electron chi connectivity index (χ1n) is 7.44. The number of hydrogen-bond acceptors (Lipinski definition) is 7. The molecule has 0 unspecified atom stereocenters. The van der Waals surface area contributed by atoms with Crippen molar-refractivity contribution in [1.29, 1.82) is 0 Å². The van der Waals surface area contributed by atoms with Gasteiger partial charge in [0.05, 0.1) is 26.4 Å². The zero-order valence-electron chi connectivity index (χ0n) is 13.4. The molecule has 0 aliphatic heterocycles. The molecule has 0 aromatic heterocycles. The van der Waals surface area contributed by atoms with Crippen LogP contribution in [0.4, 0.5) is 0 Å². The molecule has 0 aliphatic carbocycles. The molecular weight excluding hydrogens is 318 g/mol. The molecule has 0 aliphatic rings. The highest BCUT2D eigenvalue weighted by Crippen LogP contribution is 2.66. The Morgan fingerprint density at radius 1 is 0.571 bits per heavy atom. The smallest absolute Gasteiger partial charge is 0.287 e. The van der Waals surface area contributed by atoms with Gasteiger partial charge in [0.25, 0.3) is 0 Å². The Morgan fingerprint density at radius 3 is 1.00 bits per heavy atom. The van der Waals surface area contributed by atoms with Gasteiger partial charge in [-0.15, -0.1) is 0 Å². The monoisotopic (exact) mass is 346 g/mol. The second-order valence-electron chi connectivity index (χ2n) is 4.31. The topological polar surface area (TPSA) is 80.3 Å². The van der Waals surface area contributed by atoms with Crippen molar-refractivity contribution in [3.63, 3.8) is 0 Å². The molecule has 0 rings (SSSR count). The van der Waals surface area contributed by atoms with Crippen molar-refractivity contribution in [3.05, 3.63) is 0 Å². The molecule has 0 saturated heterocycles. The van der Waals surface area contributed by atoms with Crippen molar-refractivity contribution in [2.24, 2.45) is 0 Å². The Hall–Kier alpha value is 0.260. The molecule has 0 atom stereocenters. The number of rotatable bonds is 14. The molecule has 9 heteroatoms. The molecule has 21 heavy (non-hydrogen) atoms. The summed E-state index contributed by atoms with van der Waals surface area (Å²) in [6.45, 7) is 8.09. The lowest BCUT2D eigenvalue weighted by molar-refractivity contribution is 0.109. The Morgan fingerprint density at radius 2 is 0.810 bits per heavy atom. The van der Waals surface area contributed by atoms with Crippen LogP contribution in [0.25, 0.3) is 0 Å². The van der Waals surface area contributed by atoms with Crippen molar-refractivity contribution >= 4 is 15.6 Å². The second-order valence-corrected chi connectivity index (χ2v) is 7.78. The van der Waals surface area contributed by atoms with Gasteiger partial charge in [-0.2, -0.15) is 4.31 Å². The molecule has 0 aromatic rings. The summed E-state index contributed by atoms with van der Waals surface area (Å²) in [6.07, 6.45) is 2.50. The van der Waals surface area contributed by atoms with E-state index < -0.39 is 15.6 Å². The van der Waals surface area contributed by atoms with Crippen LogP contribution in [0.3, 0.4) is 0 Å². The van der Waals surface area contributed by atoms with Crippen molar-refractivity contribution < 1.29 is 31.5 Å². The highest BCUT2D eigenvalue weighted by molar-refractivity contribution is 7.62. The average molecular weight is 346 g/mol. The van der Waals surface area contributed by atoms with Crippen LogP contribution in [0, 0.1) is 0 Å². The minimum Gasteiger partial charge on any atom is -0.287 e. The number of phosphoric ester groups is 2. The molecule has 0 saturated carbocycles. The summed E-state index contributed by atoms with van der Waals surface area (Å²) in [5.74, 6) is 0. The molecule has 0 amide bonds. The van der Waals surface area contributed by atoms with Crippen LogP contribution in [0.2, 0.25) is 0 Å². The maximum atomic E-state index is 12.5. The molecule has 0 heterocycles. The minimum atomic E-state index is -3.97. The SMILES string of the molecule is CCCOP(=O)(OCCC)OP(=O)(OCCC)OCCC. The molecule has 0 N–H and O–H groups in total. The fraction of sp³-hybridized carbons (Fsp3) is 1.00. The van der Waals surface area contributed by atoms with E-state index in [4.69, 9.17) is 22.4 Å². The third-order valence-electron chi connectivity index (χ3n) is 2.01. The van der Waals surface area contributed by atoms with E-state index in [1.807, 2.05) is 27.7 Å². The van der Waals surface area contributed by atoms with E-state index in [9.17, 15) is 9.13 Å². The predicted octanol–water partition coefficient (Wildman–Crippen LogP) is 4.93. The van der Waals surface area contributed by atoms with Crippen LogP contribution in [-0.2, 0) is 31.5 Å². The zero-order valence-corrected chi connectivity index (χ0v) is 15.2. The van der Waals surface area contributed by atoms with Gasteiger partial charge in [-0.25, -0.2) is 9.13 Å². The Balaban J connectivity index is 4.90. The molecule has 128 valence electrons. The quantitative estimate of drug-likeness (QED) is 0.413. The van der Waals surface area contributed by atoms with Gasteiger partial charge in [-0.1, -0.05) is 27.7 Å². The van der Waals surface area contributed by atoms with Crippen LogP contribution in [0.15, 0.2) is 0 Å². The van der Waals surface area contributed by atoms with Gasteiger partial charge in [0.1, 0.15) is 0 Å². The first-order valence-corrected chi connectivity index (χ1v) is 10.4. The summed E-state index contributed by atoms with van der Waals surface area (Å²) in [7, 11) is -7.93. The van der Waals surface area contributed by atoms with Gasteiger partial charge in [-0.3, -0.25) is 18.1 Å². The molecule has 7 nitrogen and oxygen atoms in total. The first kappa shape index (κ1) is 21.3. The van der Waals surface area contributed by atoms with Crippen molar-refractivity contribution in [2.75, 3.05) is 26.4 Å². The fourth-order valence-electron chi connectivity index (χ4n) is 1.10. The van der Waals surface area contributed by atoms with Crippen LogP contribution in [0.5, 0.6) is 0 Å². The van der Waals surface area contributed by atoms with Crippen LogP contribution >= 0.6 is 15.6 Å². The van der Waals surface area contributed by atoms with Crippen LogP contribution in [-0.4, -0.2) is 26.4 Å². The summed E-state index contributed by atoms with van der Waals surface area (Å²) < 4.78 is 50.5. The van der Waals surface area contributed by atoms with Crippen molar-refractivity contribution in [3.8, 4) is 0 Å². The minimum absolute atomic E-state index is 0.169. The number of phosphoric acid groups is 2. The Kier molecular flexibility index (Phi) is 11.9. The van der Waals surface area contributed by atoms with Gasteiger partial charge in [0, 0.05) is 0 Å². The van der Waals surface area contributed by atoms with E-state index in [-0.39, 0.29) is 26.4 Å². The lowest BCUT2D eigenvalue weighted by Crippen LogP contribution is -2.06. The standard InChI is InChI=1S/C12H28O7P2/c1-5-9-15-20(13,16-10-6-2)19-21(14,17-11-7-3)18-12-8-4/h5-12H2,1-4H3. The predicted molar refractivity (Wildman–Crippen MR) is 81.3 cm³/mol. The first-order chi connectivity index (χ1) is 9.95. The maximum Gasteiger partial charge on any atom is 0.483 e. The largest absolute Gasteiger partial charge is 0.483 e. The highest BCUT2D eigenvalue weighted by atomic mass is 31.3. The van der Waals surface area contributed by atoms with E-state index in [2.05, 4.69) is 0 Å².